The van der Waals surface area contributed by atoms with Gasteiger partial charge < -0.3 is 15.4 Å². The van der Waals surface area contributed by atoms with Crippen LogP contribution in [-0.2, 0) is 4.79 Å². The number of carbonyl (C=O) groups excluding carboxylic acids is 1. The largest absolute Gasteiger partial charge is 0.490 e. The molecule has 2 unspecified atom stereocenters. The molecule has 0 spiro atoms. The van der Waals surface area contributed by atoms with Crippen molar-refractivity contribution in [2.75, 3.05) is 13.1 Å². The predicted octanol–water partition coefficient (Wildman–Crippen LogP) is 3.29. The standard InChI is InChI=1S/C19H27N3O4.ClH/c1-19(20)11-3-2-4-17(19)18(23)21-12-9-16(10-13-21)26-15-7-5-14(6-8-15)22(24)25;/h5-8,16-17H,2-4,9-13,20H2,1H3;1H. The van der Waals surface area contributed by atoms with E-state index in [9.17, 15) is 14.9 Å². The molecule has 3 rings (SSSR count). The van der Waals surface area contributed by atoms with Crippen LogP contribution in [0.1, 0.15) is 45.4 Å². The minimum absolute atomic E-state index is 0. The van der Waals surface area contributed by atoms with Crippen molar-refractivity contribution in [1.82, 2.24) is 4.90 Å². The number of hydrogen-bond donors (Lipinski definition) is 1. The van der Waals surface area contributed by atoms with Crippen molar-refractivity contribution in [2.24, 2.45) is 11.7 Å². The molecule has 1 aliphatic heterocycles. The molecule has 0 bridgehead atoms. The minimum atomic E-state index is -0.426. The number of nitro benzene ring substituents is 1. The van der Waals surface area contributed by atoms with Crippen molar-refractivity contribution >= 4 is 24.0 Å². The number of hydrogen-bond acceptors (Lipinski definition) is 5. The molecule has 8 heteroatoms. The highest BCUT2D eigenvalue weighted by atomic mass is 35.5. The van der Waals surface area contributed by atoms with Gasteiger partial charge in [-0.1, -0.05) is 12.8 Å². The Labute approximate surface area is 165 Å². The van der Waals surface area contributed by atoms with Gasteiger partial charge in [-0.3, -0.25) is 14.9 Å². The lowest BCUT2D eigenvalue weighted by atomic mass is 9.74. The first-order valence-corrected chi connectivity index (χ1v) is 9.35. The van der Waals surface area contributed by atoms with Crippen LogP contribution in [0.4, 0.5) is 5.69 Å². The van der Waals surface area contributed by atoms with E-state index in [0.29, 0.717) is 18.8 Å². The smallest absolute Gasteiger partial charge is 0.269 e. The van der Waals surface area contributed by atoms with Gasteiger partial charge in [0.1, 0.15) is 11.9 Å². The fraction of sp³-hybridized carbons (Fsp3) is 0.632. The minimum Gasteiger partial charge on any atom is -0.490 e. The third-order valence-corrected chi connectivity index (χ3v) is 5.66. The van der Waals surface area contributed by atoms with E-state index < -0.39 is 10.5 Å². The van der Waals surface area contributed by atoms with Gasteiger partial charge in [0.2, 0.25) is 5.91 Å². The molecule has 1 saturated carbocycles. The van der Waals surface area contributed by atoms with Crippen molar-refractivity contribution < 1.29 is 14.5 Å². The Morgan fingerprint density at radius 1 is 1.22 bits per heavy atom. The first-order chi connectivity index (χ1) is 12.4. The second-order valence-electron chi connectivity index (χ2n) is 7.70. The van der Waals surface area contributed by atoms with Gasteiger partial charge in [0.05, 0.1) is 10.8 Å². The summed E-state index contributed by atoms with van der Waals surface area (Å²) in [6.45, 7) is 3.34. The monoisotopic (exact) mass is 397 g/mol. The number of nitrogens with zero attached hydrogens (tertiary/aromatic N) is 2. The summed E-state index contributed by atoms with van der Waals surface area (Å²) in [4.78, 5) is 25.1. The zero-order chi connectivity index (χ0) is 18.7. The highest BCUT2D eigenvalue weighted by molar-refractivity contribution is 5.85. The second kappa shape index (κ2) is 8.89. The van der Waals surface area contributed by atoms with E-state index in [2.05, 4.69) is 0 Å². The number of likely N-dealkylation sites (tertiary alicyclic amines) is 1. The molecule has 0 aromatic heterocycles. The molecule has 1 heterocycles. The number of amides is 1. The molecular formula is C19H28ClN3O4. The van der Waals surface area contributed by atoms with Crippen molar-refractivity contribution in [3.05, 3.63) is 34.4 Å². The summed E-state index contributed by atoms with van der Waals surface area (Å²) in [5.74, 6) is 0.731. The molecule has 1 amide bonds. The average molecular weight is 398 g/mol. The molecule has 2 atom stereocenters. The lowest BCUT2D eigenvalue weighted by Gasteiger charge is -2.41. The molecule has 7 nitrogen and oxygen atoms in total. The number of halogens is 1. The van der Waals surface area contributed by atoms with Crippen LogP contribution in [0.2, 0.25) is 0 Å². The zero-order valence-corrected chi connectivity index (χ0v) is 16.5. The molecule has 1 aliphatic carbocycles. The molecule has 2 N–H and O–H groups in total. The van der Waals surface area contributed by atoms with E-state index in [-0.39, 0.29) is 36.0 Å². The summed E-state index contributed by atoms with van der Waals surface area (Å²) in [5.41, 5.74) is 6.02. The van der Waals surface area contributed by atoms with Crippen molar-refractivity contribution in [2.45, 2.75) is 57.1 Å². The quantitative estimate of drug-likeness (QED) is 0.620. The SMILES string of the molecule is CC1(N)CCCCC1C(=O)N1CCC(Oc2ccc([N+](=O)[O-])cc2)CC1.Cl. The van der Waals surface area contributed by atoms with Crippen LogP contribution in [0.3, 0.4) is 0 Å². The average Bonchev–Trinajstić information content (AvgIpc) is 2.62. The third kappa shape index (κ3) is 5.11. The van der Waals surface area contributed by atoms with Crippen LogP contribution in [0.5, 0.6) is 5.75 Å². The highest BCUT2D eigenvalue weighted by Gasteiger charge is 2.40. The Morgan fingerprint density at radius 2 is 1.85 bits per heavy atom. The number of nitro groups is 1. The van der Waals surface area contributed by atoms with Crippen molar-refractivity contribution in [3.63, 3.8) is 0 Å². The van der Waals surface area contributed by atoms with Gasteiger partial charge in [0.25, 0.3) is 5.69 Å². The van der Waals surface area contributed by atoms with Crippen LogP contribution in [0.15, 0.2) is 24.3 Å². The van der Waals surface area contributed by atoms with Crippen LogP contribution in [-0.4, -0.2) is 40.5 Å². The summed E-state index contributed by atoms with van der Waals surface area (Å²) in [6.07, 6.45) is 5.50. The summed E-state index contributed by atoms with van der Waals surface area (Å²) < 4.78 is 5.92. The van der Waals surface area contributed by atoms with Gasteiger partial charge in [0, 0.05) is 43.6 Å². The fourth-order valence-electron chi connectivity index (χ4n) is 4.02. The summed E-state index contributed by atoms with van der Waals surface area (Å²) in [6, 6.07) is 6.13. The number of nitrogens with two attached hydrogens (primary N) is 1. The molecule has 1 saturated heterocycles. The lowest BCUT2D eigenvalue weighted by molar-refractivity contribution is -0.384. The maximum Gasteiger partial charge on any atom is 0.269 e. The van der Waals surface area contributed by atoms with Gasteiger partial charge in [-0.25, -0.2) is 0 Å². The van der Waals surface area contributed by atoms with Gasteiger partial charge in [-0.15, -0.1) is 12.4 Å². The van der Waals surface area contributed by atoms with E-state index in [1.807, 2.05) is 11.8 Å². The summed E-state index contributed by atoms with van der Waals surface area (Å²) >= 11 is 0. The molecule has 2 aliphatic rings. The summed E-state index contributed by atoms with van der Waals surface area (Å²) in [5, 5.41) is 10.7. The van der Waals surface area contributed by atoms with E-state index in [0.717, 1.165) is 38.5 Å². The van der Waals surface area contributed by atoms with Crippen LogP contribution < -0.4 is 10.5 Å². The Hall–Kier alpha value is -1.86. The fourth-order valence-corrected chi connectivity index (χ4v) is 4.02. The predicted molar refractivity (Wildman–Crippen MR) is 105 cm³/mol. The van der Waals surface area contributed by atoms with Crippen molar-refractivity contribution in [3.8, 4) is 5.75 Å². The number of benzene rings is 1. The molecule has 2 fully saturated rings. The van der Waals surface area contributed by atoms with E-state index >= 15 is 0 Å². The maximum atomic E-state index is 12.9. The van der Waals surface area contributed by atoms with E-state index in [4.69, 9.17) is 10.5 Å². The van der Waals surface area contributed by atoms with Gasteiger partial charge in [-0.2, -0.15) is 0 Å². The third-order valence-electron chi connectivity index (χ3n) is 5.66. The molecular weight excluding hydrogens is 370 g/mol. The second-order valence-corrected chi connectivity index (χ2v) is 7.70. The number of ether oxygens (including phenoxy) is 1. The normalized spacial score (nSPS) is 26.1. The van der Waals surface area contributed by atoms with Crippen LogP contribution in [0.25, 0.3) is 0 Å². The Balaban J connectivity index is 0.00000261. The number of non-ortho nitro benzene ring substituents is 1. The highest BCUT2D eigenvalue weighted by Crippen LogP contribution is 2.33. The molecule has 0 radical (unpaired) electrons. The van der Waals surface area contributed by atoms with Crippen LogP contribution >= 0.6 is 12.4 Å². The zero-order valence-electron chi connectivity index (χ0n) is 15.6. The number of carbonyl (C=O) groups is 1. The first kappa shape index (κ1) is 21.4. The maximum absolute atomic E-state index is 12.9. The molecule has 1 aromatic rings. The van der Waals surface area contributed by atoms with Crippen LogP contribution in [0, 0.1) is 16.0 Å². The van der Waals surface area contributed by atoms with E-state index in [1.54, 1.807) is 12.1 Å². The molecule has 27 heavy (non-hydrogen) atoms. The number of rotatable bonds is 4. The Kier molecular flexibility index (Phi) is 7.06. The van der Waals surface area contributed by atoms with Gasteiger partial charge >= 0.3 is 0 Å². The Bertz CT molecular complexity index is 657. The molecule has 150 valence electrons. The first-order valence-electron chi connectivity index (χ1n) is 9.35. The van der Waals surface area contributed by atoms with E-state index in [1.165, 1.54) is 12.1 Å². The molecule has 1 aromatic carbocycles. The van der Waals surface area contributed by atoms with Gasteiger partial charge in [0.15, 0.2) is 0 Å². The summed E-state index contributed by atoms with van der Waals surface area (Å²) in [7, 11) is 0. The van der Waals surface area contributed by atoms with Crippen molar-refractivity contribution in [1.29, 1.82) is 0 Å². The lowest BCUT2D eigenvalue weighted by Crippen LogP contribution is -2.55. The Morgan fingerprint density at radius 3 is 2.41 bits per heavy atom. The van der Waals surface area contributed by atoms with Gasteiger partial charge in [-0.05, 0) is 31.9 Å². The topological polar surface area (TPSA) is 98.7 Å². The number of piperidine rings is 1.